The van der Waals surface area contributed by atoms with E-state index < -0.39 is 8.80 Å². The van der Waals surface area contributed by atoms with Crippen LogP contribution < -0.4 is 0 Å². The molecule has 0 heterocycles. The van der Waals surface area contributed by atoms with Crippen LogP contribution in [0.25, 0.3) is 0 Å². The zero-order valence-corrected chi connectivity index (χ0v) is 15.0. The van der Waals surface area contributed by atoms with Crippen molar-refractivity contribution < 1.29 is 13.3 Å². The van der Waals surface area contributed by atoms with Gasteiger partial charge in [-0.05, 0) is 44.9 Å². The van der Waals surface area contributed by atoms with E-state index in [4.69, 9.17) is 13.3 Å². The molecule has 1 atom stereocenters. The Labute approximate surface area is 121 Å². The first-order valence-electron chi connectivity index (χ1n) is 7.70. The van der Waals surface area contributed by atoms with Crippen molar-refractivity contribution in [1.29, 1.82) is 0 Å². The molecule has 0 aromatic rings. The molecule has 0 aliphatic rings. The van der Waals surface area contributed by atoms with Gasteiger partial charge in [-0.3, -0.25) is 0 Å². The molecule has 19 heavy (non-hydrogen) atoms. The molecule has 0 bridgehead atoms. The van der Waals surface area contributed by atoms with E-state index >= 15 is 0 Å². The van der Waals surface area contributed by atoms with E-state index in [2.05, 4.69) is 27.7 Å². The highest BCUT2D eigenvalue weighted by Gasteiger charge is 2.40. The Balaban J connectivity index is 4.45. The molecule has 0 amide bonds. The predicted octanol–water partition coefficient (Wildman–Crippen LogP) is 4.50. The highest BCUT2D eigenvalue weighted by atomic mass is 28.4. The SMILES string of the molecule is CCO[Si](CCC(C)CC(C)(C)C)(OCC)OCC. The largest absolute Gasteiger partial charge is 0.500 e. The van der Waals surface area contributed by atoms with Gasteiger partial charge in [0, 0.05) is 25.9 Å². The van der Waals surface area contributed by atoms with Crippen LogP contribution >= 0.6 is 0 Å². The summed E-state index contributed by atoms with van der Waals surface area (Å²) in [6, 6.07) is 0.930. The molecule has 0 aliphatic heterocycles. The minimum atomic E-state index is -2.43. The minimum absolute atomic E-state index is 0.381. The first kappa shape index (κ1) is 19.1. The van der Waals surface area contributed by atoms with Gasteiger partial charge in [-0.25, -0.2) is 0 Å². The normalized spacial score (nSPS) is 14.7. The Hall–Kier alpha value is 0.0969. The van der Waals surface area contributed by atoms with Gasteiger partial charge in [0.25, 0.3) is 0 Å². The topological polar surface area (TPSA) is 27.7 Å². The Kier molecular flexibility index (Phi) is 9.16. The fourth-order valence-electron chi connectivity index (χ4n) is 2.57. The summed E-state index contributed by atoms with van der Waals surface area (Å²) in [6.45, 7) is 17.2. The van der Waals surface area contributed by atoms with E-state index in [1.165, 1.54) is 6.42 Å². The lowest BCUT2D eigenvalue weighted by Gasteiger charge is -2.30. The Morgan fingerprint density at radius 1 is 0.895 bits per heavy atom. The summed E-state index contributed by atoms with van der Waals surface area (Å²) < 4.78 is 17.7. The summed E-state index contributed by atoms with van der Waals surface area (Å²) in [6.07, 6.45) is 2.34. The molecule has 0 spiro atoms. The van der Waals surface area contributed by atoms with Crippen molar-refractivity contribution in [3.63, 3.8) is 0 Å². The fraction of sp³-hybridized carbons (Fsp3) is 1.00. The third kappa shape index (κ3) is 8.79. The van der Waals surface area contributed by atoms with Gasteiger partial charge >= 0.3 is 8.80 Å². The maximum Gasteiger partial charge on any atom is 0.500 e. The number of rotatable bonds is 10. The van der Waals surface area contributed by atoms with E-state index in [0.717, 1.165) is 12.5 Å². The molecule has 0 N–H and O–H groups in total. The van der Waals surface area contributed by atoms with Crippen molar-refractivity contribution in [1.82, 2.24) is 0 Å². The molecule has 0 saturated carbocycles. The average molecular weight is 291 g/mol. The highest BCUT2D eigenvalue weighted by Crippen LogP contribution is 2.29. The predicted molar refractivity (Wildman–Crippen MR) is 83.3 cm³/mol. The second kappa shape index (κ2) is 9.11. The first-order chi connectivity index (χ1) is 8.78. The smallest absolute Gasteiger partial charge is 0.374 e. The van der Waals surface area contributed by atoms with Crippen LogP contribution in [0, 0.1) is 11.3 Å². The van der Waals surface area contributed by atoms with Crippen molar-refractivity contribution in [2.45, 2.75) is 67.4 Å². The molecular weight excluding hydrogens is 256 g/mol. The third-order valence-corrected chi connectivity index (χ3v) is 6.08. The van der Waals surface area contributed by atoms with Crippen LogP contribution in [-0.4, -0.2) is 28.6 Å². The van der Waals surface area contributed by atoms with Gasteiger partial charge in [-0.15, -0.1) is 0 Å². The van der Waals surface area contributed by atoms with Crippen molar-refractivity contribution in [3.05, 3.63) is 0 Å². The van der Waals surface area contributed by atoms with Crippen LogP contribution in [0.3, 0.4) is 0 Å². The van der Waals surface area contributed by atoms with E-state index in [9.17, 15) is 0 Å². The van der Waals surface area contributed by atoms with Gasteiger partial charge in [0.15, 0.2) is 0 Å². The summed E-state index contributed by atoms with van der Waals surface area (Å²) in [7, 11) is -2.43. The summed E-state index contributed by atoms with van der Waals surface area (Å²) in [5.74, 6) is 0.674. The van der Waals surface area contributed by atoms with Crippen LogP contribution in [0.2, 0.25) is 6.04 Å². The maximum atomic E-state index is 5.89. The number of hydrogen-bond acceptors (Lipinski definition) is 3. The molecule has 4 heteroatoms. The van der Waals surface area contributed by atoms with Gasteiger partial charge in [0.2, 0.25) is 0 Å². The molecule has 116 valence electrons. The van der Waals surface area contributed by atoms with Crippen molar-refractivity contribution in [2.75, 3.05) is 19.8 Å². The molecule has 0 aliphatic carbocycles. The molecule has 1 unspecified atom stereocenters. The van der Waals surface area contributed by atoms with Gasteiger partial charge in [-0.1, -0.05) is 27.7 Å². The second-order valence-corrected chi connectivity index (χ2v) is 9.12. The molecule has 0 fully saturated rings. The molecule has 0 saturated heterocycles. The number of hydrogen-bond donors (Lipinski definition) is 0. The zero-order valence-electron chi connectivity index (χ0n) is 14.0. The fourth-order valence-corrected chi connectivity index (χ4v) is 5.42. The lowest BCUT2D eigenvalue weighted by atomic mass is 9.84. The van der Waals surface area contributed by atoms with E-state index in [0.29, 0.717) is 31.2 Å². The zero-order chi connectivity index (χ0) is 14.9. The Morgan fingerprint density at radius 3 is 1.63 bits per heavy atom. The monoisotopic (exact) mass is 290 g/mol. The molecule has 0 radical (unpaired) electrons. The summed E-state index contributed by atoms with van der Waals surface area (Å²) in [5.41, 5.74) is 0.381. The standard InChI is InChI=1S/C15H34O3Si/c1-8-16-19(17-9-2,18-10-3)12-11-14(4)13-15(5,6)7/h14H,8-13H2,1-7H3. The van der Waals surface area contributed by atoms with Crippen molar-refractivity contribution >= 4 is 8.80 Å². The van der Waals surface area contributed by atoms with Gasteiger partial charge in [0.1, 0.15) is 0 Å². The summed E-state index contributed by atoms with van der Waals surface area (Å²) >= 11 is 0. The molecule has 3 nitrogen and oxygen atoms in total. The average Bonchev–Trinajstić information content (AvgIpc) is 2.25. The van der Waals surface area contributed by atoms with Gasteiger partial charge < -0.3 is 13.3 Å². The second-order valence-electron chi connectivity index (χ2n) is 6.39. The van der Waals surface area contributed by atoms with Gasteiger partial charge in [0.05, 0.1) is 0 Å². The van der Waals surface area contributed by atoms with E-state index in [-0.39, 0.29) is 0 Å². The maximum absolute atomic E-state index is 5.89. The highest BCUT2D eigenvalue weighted by molar-refractivity contribution is 6.60. The Morgan fingerprint density at radius 2 is 1.32 bits per heavy atom. The molecular formula is C15H34O3Si. The van der Waals surface area contributed by atoms with Crippen LogP contribution in [0.15, 0.2) is 0 Å². The van der Waals surface area contributed by atoms with Crippen LogP contribution in [0.5, 0.6) is 0 Å². The van der Waals surface area contributed by atoms with E-state index in [1.54, 1.807) is 0 Å². The lowest BCUT2D eigenvalue weighted by Crippen LogP contribution is -2.46. The first-order valence-corrected chi connectivity index (χ1v) is 9.63. The third-order valence-electron chi connectivity index (χ3n) is 3.00. The lowest BCUT2D eigenvalue weighted by molar-refractivity contribution is 0.0691. The van der Waals surface area contributed by atoms with Crippen molar-refractivity contribution in [2.24, 2.45) is 11.3 Å². The van der Waals surface area contributed by atoms with Crippen LogP contribution in [0.1, 0.15) is 61.3 Å². The summed E-state index contributed by atoms with van der Waals surface area (Å²) in [5, 5.41) is 0. The van der Waals surface area contributed by atoms with Crippen LogP contribution in [-0.2, 0) is 13.3 Å². The van der Waals surface area contributed by atoms with Crippen molar-refractivity contribution in [3.8, 4) is 0 Å². The molecule has 0 rings (SSSR count). The van der Waals surface area contributed by atoms with E-state index in [1.807, 2.05) is 20.8 Å². The molecule has 0 aromatic carbocycles. The van der Waals surface area contributed by atoms with Gasteiger partial charge in [-0.2, -0.15) is 0 Å². The summed E-state index contributed by atoms with van der Waals surface area (Å²) in [4.78, 5) is 0. The quantitative estimate of drug-likeness (QED) is 0.555. The minimum Gasteiger partial charge on any atom is -0.374 e. The molecule has 0 aromatic heterocycles. The van der Waals surface area contributed by atoms with Crippen LogP contribution in [0.4, 0.5) is 0 Å². The Bertz CT molecular complexity index is 209.